The van der Waals surface area contributed by atoms with Crippen molar-refractivity contribution in [2.24, 2.45) is 0 Å². The summed E-state index contributed by atoms with van der Waals surface area (Å²) in [6, 6.07) is 3.27. The van der Waals surface area contributed by atoms with E-state index in [1.165, 1.54) is 12.5 Å². The highest BCUT2D eigenvalue weighted by Crippen LogP contribution is 2.00. The smallest absolute Gasteiger partial charge is 0.190 e. The minimum Gasteiger partial charge on any atom is -0.348 e. The summed E-state index contributed by atoms with van der Waals surface area (Å²) in [5.41, 5.74) is 0.836. The standard InChI is InChI=1S/C7H6N2O.C3H8/c10-6-2-4-9-7-5(6)1-3-8-7;1-3-2/h1-4H,(H2,8,9,10);3H2,1-2H3. The van der Waals surface area contributed by atoms with Gasteiger partial charge in [-0.05, 0) is 6.07 Å². The lowest BCUT2D eigenvalue weighted by atomic mass is 10.3. The van der Waals surface area contributed by atoms with Gasteiger partial charge in [0.15, 0.2) is 5.43 Å². The molecule has 2 N–H and O–H groups in total. The fourth-order valence-corrected chi connectivity index (χ4v) is 0.985. The Morgan fingerprint density at radius 2 is 1.69 bits per heavy atom. The molecule has 0 saturated carbocycles. The van der Waals surface area contributed by atoms with Crippen LogP contribution in [0.15, 0.2) is 29.3 Å². The van der Waals surface area contributed by atoms with E-state index < -0.39 is 0 Å². The number of hydrogen-bond donors (Lipinski definition) is 2. The van der Waals surface area contributed by atoms with Crippen molar-refractivity contribution in [2.45, 2.75) is 20.3 Å². The van der Waals surface area contributed by atoms with Crippen LogP contribution in [0.3, 0.4) is 0 Å². The molecular formula is C10H14N2O. The van der Waals surface area contributed by atoms with Crippen LogP contribution in [0.2, 0.25) is 0 Å². The van der Waals surface area contributed by atoms with E-state index in [1.54, 1.807) is 18.5 Å². The first-order chi connectivity index (χ1) is 6.29. The molecule has 70 valence electrons. The van der Waals surface area contributed by atoms with E-state index >= 15 is 0 Å². The number of nitrogens with one attached hydrogen (secondary N) is 2. The highest BCUT2D eigenvalue weighted by Gasteiger charge is 1.94. The first-order valence-electron chi connectivity index (χ1n) is 4.44. The molecular weight excluding hydrogens is 164 g/mol. The maximum atomic E-state index is 11.0. The lowest BCUT2D eigenvalue weighted by molar-refractivity contribution is 1.09. The molecule has 2 heterocycles. The average molecular weight is 178 g/mol. The summed E-state index contributed by atoms with van der Waals surface area (Å²) >= 11 is 0. The van der Waals surface area contributed by atoms with E-state index in [9.17, 15) is 4.79 Å². The number of pyridine rings is 1. The van der Waals surface area contributed by atoms with Gasteiger partial charge in [-0.15, -0.1) is 0 Å². The van der Waals surface area contributed by atoms with Crippen molar-refractivity contribution in [2.75, 3.05) is 0 Å². The number of rotatable bonds is 0. The summed E-state index contributed by atoms with van der Waals surface area (Å²) in [7, 11) is 0. The molecule has 2 rings (SSSR count). The molecule has 3 heteroatoms. The van der Waals surface area contributed by atoms with E-state index in [4.69, 9.17) is 0 Å². The first kappa shape index (κ1) is 9.58. The molecule has 0 atom stereocenters. The Hall–Kier alpha value is -1.51. The third kappa shape index (κ3) is 2.21. The molecule has 0 aliphatic carbocycles. The van der Waals surface area contributed by atoms with Crippen LogP contribution >= 0.6 is 0 Å². The molecule has 2 aromatic heterocycles. The Kier molecular flexibility index (Phi) is 3.31. The topological polar surface area (TPSA) is 48.6 Å². The van der Waals surface area contributed by atoms with Gasteiger partial charge >= 0.3 is 0 Å². The summed E-state index contributed by atoms with van der Waals surface area (Å²) in [5.74, 6) is 0. The summed E-state index contributed by atoms with van der Waals surface area (Å²) in [6.45, 7) is 4.25. The quantitative estimate of drug-likeness (QED) is 0.638. The van der Waals surface area contributed by atoms with Crippen LogP contribution in [0, 0.1) is 0 Å². The Morgan fingerprint density at radius 1 is 1.15 bits per heavy atom. The second-order valence-electron chi connectivity index (χ2n) is 2.82. The zero-order chi connectivity index (χ0) is 9.68. The first-order valence-corrected chi connectivity index (χ1v) is 4.44. The molecule has 0 aliphatic heterocycles. The van der Waals surface area contributed by atoms with Crippen molar-refractivity contribution in [3.63, 3.8) is 0 Å². The third-order valence-electron chi connectivity index (χ3n) is 1.47. The zero-order valence-electron chi connectivity index (χ0n) is 7.92. The van der Waals surface area contributed by atoms with Crippen molar-refractivity contribution in [3.05, 3.63) is 34.7 Å². The normalized spacial score (nSPS) is 9.38. The molecule has 0 saturated heterocycles. The summed E-state index contributed by atoms with van der Waals surface area (Å²) in [6.07, 6.45) is 4.61. The van der Waals surface area contributed by atoms with E-state index in [1.807, 2.05) is 0 Å². The van der Waals surface area contributed by atoms with Crippen LogP contribution < -0.4 is 5.43 Å². The highest BCUT2D eigenvalue weighted by atomic mass is 16.1. The van der Waals surface area contributed by atoms with Crippen LogP contribution in [-0.2, 0) is 0 Å². The van der Waals surface area contributed by atoms with Gasteiger partial charge in [0.25, 0.3) is 0 Å². The van der Waals surface area contributed by atoms with Gasteiger partial charge in [0, 0.05) is 18.5 Å². The summed E-state index contributed by atoms with van der Waals surface area (Å²) in [5, 5.41) is 0.711. The van der Waals surface area contributed by atoms with Crippen molar-refractivity contribution in [1.82, 2.24) is 9.97 Å². The van der Waals surface area contributed by atoms with Crippen LogP contribution in [-0.4, -0.2) is 9.97 Å². The van der Waals surface area contributed by atoms with Crippen LogP contribution in [0.5, 0.6) is 0 Å². The Bertz CT molecular complexity index is 414. The predicted molar refractivity (Wildman–Crippen MR) is 54.9 cm³/mol. The molecule has 0 radical (unpaired) electrons. The predicted octanol–water partition coefficient (Wildman–Crippen LogP) is 2.27. The fourth-order valence-electron chi connectivity index (χ4n) is 0.985. The zero-order valence-corrected chi connectivity index (χ0v) is 7.92. The molecule has 0 unspecified atom stereocenters. The average Bonchev–Trinajstić information content (AvgIpc) is 2.54. The fraction of sp³-hybridized carbons (Fsp3) is 0.300. The van der Waals surface area contributed by atoms with E-state index in [-0.39, 0.29) is 5.43 Å². The molecule has 0 amide bonds. The van der Waals surface area contributed by atoms with Crippen LogP contribution in [0.25, 0.3) is 11.0 Å². The molecule has 0 fully saturated rings. The summed E-state index contributed by atoms with van der Waals surface area (Å²) in [4.78, 5) is 16.8. The number of H-pyrrole nitrogens is 2. The van der Waals surface area contributed by atoms with E-state index in [0.29, 0.717) is 5.39 Å². The maximum Gasteiger partial charge on any atom is 0.190 e. The number of aromatic nitrogens is 2. The van der Waals surface area contributed by atoms with Crippen molar-refractivity contribution in [1.29, 1.82) is 0 Å². The molecule has 2 aromatic rings. The Labute approximate surface area is 76.8 Å². The SMILES string of the molecule is CCC.O=c1cc[nH]c2[nH]ccc12. The van der Waals surface area contributed by atoms with Crippen LogP contribution in [0.1, 0.15) is 20.3 Å². The Balaban J connectivity index is 0.000000251. The molecule has 0 aromatic carbocycles. The summed E-state index contributed by atoms with van der Waals surface area (Å²) < 4.78 is 0. The maximum absolute atomic E-state index is 11.0. The van der Waals surface area contributed by atoms with Gasteiger partial charge in [-0.3, -0.25) is 4.79 Å². The number of aromatic amines is 2. The molecule has 0 spiro atoms. The van der Waals surface area contributed by atoms with Gasteiger partial charge in [0.05, 0.1) is 5.39 Å². The second kappa shape index (κ2) is 4.50. The lowest BCUT2D eigenvalue weighted by Gasteiger charge is -1.84. The monoisotopic (exact) mass is 178 g/mol. The molecule has 0 aliphatic rings. The Morgan fingerprint density at radius 3 is 2.23 bits per heavy atom. The highest BCUT2D eigenvalue weighted by molar-refractivity contribution is 5.74. The third-order valence-corrected chi connectivity index (χ3v) is 1.47. The van der Waals surface area contributed by atoms with Gasteiger partial charge in [-0.2, -0.15) is 0 Å². The number of fused-ring (bicyclic) bond motifs is 1. The van der Waals surface area contributed by atoms with Crippen molar-refractivity contribution >= 4 is 11.0 Å². The number of hydrogen-bond acceptors (Lipinski definition) is 1. The molecule has 3 nitrogen and oxygen atoms in total. The lowest BCUT2D eigenvalue weighted by Crippen LogP contribution is -1.97. The largest absolute Gasteiger partial charge is 0.348 e. The van der Waals surface area contributed by atoms with Crippen molar-refractivity contribution < 1.29 is 0 Å². The van der Waals surface area contributed by atoms with Crippen molar-refractivity contribution in [3.8, 4) is 0 Å². The van der Waals surface area contributed by atoms with Gasteiger partial charge in [0.1, 0.15) is 5.65 Å². The minimum atomic E-state index is 0.0509. The van der Waals surface area contributed by atoms with Gasteiger partial charge in [-0.25, -0.2) is 0 Å². The molecule has 0 bridgehead atoms. The minimum absolute atomic E-state index is 0.0509. The van der Waals surface area contributed by atoms with Gasteiger partial charge in [0.2, 0.25) is 0 Å². The second-order valence-corrected chi connectivity index (χ2v) is 2.82. The van der Waals surface area contributed by atoms with Gasteiger partial charge in [-0.1, -0.05) is 20.3 Å². The van der Waals surface area contributed by atoms with E-state index in [2.05, 4.69) is 23.8 Å². The van der Waals surface area contributed by atoms with E-state index in [0.717, 1.165) is 5.65 Å². The van der Waals surface area contributed by atoms with Crippen LogP contribution in [0.4, 0.5) is 0 Å². The van der Waals surface area contributed by atoms with Gasteiger partial charge < -0.3 is 9.97 Å². The molecule has 13 heavy (non-hydrogen) atoms.